The Morgan fingerprint density at radius 1 is 1.28 bits per heavy atom. The van der Waals surface area contributed by atoms with E-state index in [2.05, 4.69) is 10.9 Å². The number of ketones is 1. The zero-order valence-corrected chi connectivity index (χ0v) is 14.4. The second kappa shape index (κ2) is 7.17. The van der Waals surface area contributed by atoms with Crippen molar-refractivity contribution in [2.45, 2.75) is 38.8 Å². The Morgan fingerprint density at radius 2 is 2.04 bits per heavy atom. The van der Waals surface area contributed by atoms with E-state index >= 15 is 0 Å². The van der Waals surface area contributed by atoms with Gasteiger partial charge in [-0.2, -0.15) is 0 Å². The van der Waals surface area contributed by atoms with Gasteiger partial charge in [0, 0.05) is 31.0 Å². The van der Waals surface area contributed by atoms with Crippen LogP contribution in [0.5, 0.6) is 0 Å². The number of carbonyl (C=O) groups is 2. The van der Waals surface area contributed by atoms with Crippen molar-refractivity contribution >= 4 is 11.7 Å². The summed E-state index contributed by atoms with van der Waals surface area (Å²) >= 11 is 0. The first-order chi connectivity index (χ1) is 11.9. The molecule has 2 fully saturated rings. The molecule has 2 heterocycles. The summed E-state index contributed by atoms with van der Waals surface area (Å²) in [5.74, 6) is -2.86. The molecule has 0 saturated carbocycles. The molecule has 2 saturated heterocycles. The Bertz CT molecular complexity index is 682. The van der Waals surface area contributed by atoms with Gasteiger partial charge in [-0.05, 0) is 30.5 Å². The number of piperidine rings is 1. The van der Waals surface area contributed by atoms with E-state index < -0.39 is 17.5 Å². The molecule has 3 rings (SSSR count). The summed E-state index contributed by atoms with van der Waals surface area (Å²) in [6.45, 7) is 4.57. The molecular weight excluding hydrogens is 328 g/mol. The molecule has 0 spiro atoms. The zero-order valence-electron chi connectivity index (χ0n) is 14.4. The van der Waals surface area contributed by atoms with Crippen molar-refractivity contribution in [3.63, 3.8) is 0 Å². The lowest BCUT2D eigenvalue weighted by atomic mass is 9.84. The van der Waals surface area contributed by atoms with Crippen LogP contribution in [-0.4, -0.2) is 35.7 Å². The number of hydrogen-bond acceptors (Lipinski definition) is 4. The summed E-state index contributed by atoms with van der Waals surface area (Å²) in [4.78, 5) is 26.2. The Kier molecular flexibility index (Phi) is 5.15. The lowest BCUT2D eigenvalue weighted by Gasteiger charge is -2.36. The Hall–Kier alpha value is -1.86. The first kappa shape index (κ1) is 17.9. The molecule has 2 aliphatic rings. The summed E-state index contributed by atoms with van der Waals surface area (Å²) in [5, 5.41) is 0. The Labute approximate surface area is 145 Å². The minimum Gasteiger partial charge on any atom is -0.336 e. The molecule has 1 aromatic carbocycles. The molecule has 25 heavy (non-hydrogen) atoms. The molecule has 7 heteroatoms. The van der Waals surface area contributed by atoms with Gasteiger partial charge >= 0.3 is 0 Å². The molecule has 5 nitrogen and oxygen atoms in total. The third-order valence-corrected chi connectivity index (χ3v) is 5.37. The minimum atomic E-state index is -0.890. The van der Waals surface area contributed by atoms with Crippen molar-refractivity contribution in [1.82, 2.24) is 15.8 Å². The molecule has 1 amide bonds. The van der Waals surface area contributed by atoms with Crippen molar-refractivity contribution in [3.05, 3.63) is 35.4 Å². The van der Waals surface area contributed by atoms with Crippen LogP contribution in [0.3, 0.4) is 0 Å². The van der Waals surface area contributed by atoms with Crippen molar-refractivity contribution in [2.75, 3.05) is 13.1 Å². The number of amides is 1. The van der Waals surface area contributed by atoms with Crippen LogP contribution in [-0.2, 0) is 9.59 Å². The molecule has 0 aliphatic carbocycles. The van der Waals surface area contributed by atoms with Crippen molar-refractivity contribution in [1.29, 1.82) is 0 Å². The number of hydrazine groups is 1. The lowest BCUT2D eigenvalue weighted by molar-refractivity contribution is -0.147. The van der Waals surface area contributed by atoms with E-state index in [1.54, 1.807) is 17.9 Å². The maximum atomic E-state index is 13.6. The fourth-order valence-electron chi connectivity index (χ4n) is 3.58. The van der Waals surface area contributed by atoms with Crippen LogP contribution < -0.4 is 10.9 Å². The summed E-state index contributed by atoms with van der Waals surface area (Å²) in [7, 11) is 0. The van der Waals surface area contributed by atoms with E-state index in [9.17, 15) is 18.4 Å². The molecule has 0 aromatic heterocycles. The number of nitrogens with one attached hydrogen (secondary N) is 2. The first-order valence-corrected chi connectivity index (χ1v) is 8.71. The largest absolute Gasteiger partial charge is 0.336 e. The fraction of sp³-hybridized carbons (Fsp3) is 0.556. The topological polar surface area (TPSA) is 61.4 Å². The average Bonchev–Trinajstić information content (AvgIpc) is 3.05. The number of fused-ring (bicyclic) bond motifs is 1. The molecule has 136 valence electrons. The predicted octanol–water partition coefficient (Wildman–Crippen LogP) is 1.95. The van der Waals surface area contributed by atoms with Gasteiger partial charge in [0.05, 0.1) is 6.04 Å². The van der Waals surface area contributed by atoms with Gasteiger partial charge in [0.15, 0.2) is 11.6 Å². The highest BCUT2D eigenvalue weighted by Gasteiger charge is 2.42. The molecular formula is C18H23F2N3O2. The number of carbonyl (C=O) groups excluding carboxylic acids is 2. The lowest BCUT2D eigenvalue weighted by Crippen LogP contribution is -2.50. The molecule has 4 unspecified atom stereocenters. The van der Waals surface area contributed by atoms with E-state index in [0.717, 1.165) is 6.07 Å². The van der Waals surface area contributed by atoms with Crippen molar-refractivity contribution < 1.29 is 18.4 Å². The van der Waals surface area contributed by atoms with Gasteiger partial charge in [-0.15, -0.1) is 0 Å². The normalized spacial score (nSPS) is 27.0. The van der Waals surface area contributed by atoms with E-state index in [-0.39, 0.29) is 29.7 Å². The summed E-state index contributed by atoms with van der Waals surface area (Å²) in [6.07, 6.45) is 1.34. The third kappa shape index (κ3) is 3.43. The number of nitrogens with zero attached hydrogens (tertiary/aromatic N) is 1. The second-order valence-corrected chi connectivity index (χ2v) is 6.92. The number of rotatable bonds is 4. The monoisotopic (exact) mass is 351 g/mol. The van der Waals surface area contributed by atoms with Crippen LogP contribution in [0.15, 0.2) is 18.2 Å². The quantitative estimate of drug-likeness (QED) is 0.814. The number of Topliss-reactive ketones (excluding diaryl/α,β-unsaturated/α-hetero) is 1. The van der Waals surface area contributed by atoms with Crippen LogP contribution in [0.4, 0.5) is 8.78 Å². The van der Waals surface area contributed by atoms with Gasteiger partial charge in [0.2, 0.25) is 5.78 Å². The summed E-state index contributed by atoms with van der Waals surface area (Å²) in [6, 6.07) is 3.72. The highest BCUT2D eigenvalue weighted by molar-refractivity contribution is 6.36. The maximum Gasteiger partial charge on any atom is 0.290 e. The van der Waals surface area contributed by atoms with Gasteiger partial charge in [-0.3, -0.25) is 15.0 Å². The molecule has 4 atom stereocenters. The van der Waals surface area contributed by atoms with Gasteiger partial charge in [-0.25, -0.2) is 14.2 Å². The van der Waals surface area contributed by atoms with Crippen LogP contribution in [0, 0.1) is 23.5 Å². The highest BCUT2D eigenvalue weighted by Crippen LogP contribution is 2.34. The van der Waals surface area contributed by atoms with Gasteiger partial charge in [0.1, 0.15) is 0 Å². The zero-order chi connectivity index (χ0) is 18.1. The predicted molar refractivity (Wildman–Crippen MR) is 88.3 cm³/mol. The standard InChI is InChI=1S/C18H23F2N3O2/c1-3-10(2)17(24)18(25)23-7-6-15-12(9-23)16(22-21-15)11-4-5-13(19)14(20)8-11/h4-5,8,10,12,15-16,21-22H,3,6-7,9H2,1-2H3. The SMILES string of the molecule is CCC(C)C(=O)C(=O)N1CCC2NNC(c3ccc(F)c(F)c3)C2C1. The highest BCUT2D eigenvalue weighted by atomic mass is 19.2. The number of likely N-dealkylation sites (tertiary alicyclic amines) is 1. The van der Waals surface area contributed by atoms with Gasteiger partial charge in [0.25, 0.3) is 5.91 Å². The van der Waals surface area contributed by atoms with E-state index in [4.69, 9.17) is 0 Å². The molecule has 1 aromatic rings. The third-order valence-electron chi connectivity index (χ3n) is 5.37. The fourth-order valence-corrected chi connectivity index (χ4v) is 3.58. The average molecular weight is 351 g/mol. The number of benzene rings is 1. The molecule has 2 N–H and O–H groups in total. The number of halogens is 2. The molecule has 2 aliphatic heterocycles. The minimum absolute atomic E-state index is 0.00714. The second-order valence-electron chi connectivity index (χ2n) is 6.92. The number of hydrogen-bond donors (Lipinski definition) is 2. The first-order valence-electron chi connectivity index (χ1n) is 8.71. The van der Waals surface area contributed by atoms with Crippen LogP contribution in [0.1, 0.15) is 38.3 Å². The summed E-state index contributed by atoms with van der Waals surface area (Å²) in [5.41, 5.74) is 6.92. The Morgan fingerprint density at radius 3 is 2.72 bits per heavy atom. The summed E-state index contributed by atoms with van der Waals surface area (Å²) < 4.78 is 26.7. The van der Waals surface area contributed by atoms with Crippen LogP contribution in [0.2, 0.25) is 0 Å². The van der Waals surface area contributed by atoms with Gasteiger partial charge in [-0.1, -0.05) is 19.9 Å². The van der Waals surface area contributed by atoms with E-state index in [0.29, 0.717) is 31.5 Å². The molecule has 0 bridgehead atoms. The molecule has 0 radical (unpaired) electrons. The van der Waals surface area contributed by atoms with E-state index in [1.165, 1.54) is 6.07 Å². The smallest absolute Gasteiger partial charge is 0.290 e. The van der Waals surface area contributed by atoms with Crippen LogP contribution in [0.25, 0.3) is 0 Å². The maximum absolute atomic E-state index is 13.6. The van der Waals surface area contributed by atoms with Gasteiger partial charge < -0.3 is 4.90 Å². The Balaban J connectivity index is 1.75. The van der Waals surface area contributed by atoms with Crippen molar-refractivity contribution in [2.24, 2.45) is 11.8 Å². The van der Waals surface area contributed by atoms with E-state index in [1.807, 2.05) is 6.92 Å². The van der Waals surface area contributed by atoms with Crippen molar-refractivity contribution in [3.8, 4) is 0 Å². The van der Waals surface area contributed by atoms with Crippen LogP contribution >= 0.6 is 0 Å².